The molecular formula is C18H19N7O. The van der Waals surface area contributed by atoms with E-state index < -0.39 is 0 Å². The molecule has 5 rings (SSSR count). The average molecular weight is 349 g/mol. The first kappa shape index (κ1) is 15.3. The zero-order chi connectivity index (χ0) is 17.5. The summed E-state index contributed by atoms with van der Waals surface area (Å²) < 4.78 is 0. The predicted molar refractivity (Wildman–Crippen MR) is 97.8 cm³/mol. The highest BCUT2D eigenvalue weighted by molar-refractivity contribution is 6.01. The van der Waals surface area contributed by atoms with Crippen molar-refractivity contribution in [1.82, 2.24) is 26.5 Å². The van der Waals surface area contributed by atoms with Gasteiger partial charge in [0.05, 0.1) is 17.3 Å². The number of nitrogens with one attached hydrogen (secondary N) is 4. The summed E-state index contributed by atoms with van der Waals surface area (Å²) in [4.78, 5) is 19.3. The first-order chi connectivity index (χ1) is 12.8. The minimum atomic E-state index is -0.350. The van der Waals surface area contributed by atoms with Crippen molar-refractivity contribution in [3.63, 3.8) is 0 Å². The van der Waals surface area contributed by atoms with Gasteiger partial charge in [-0.1, -0.05) is 36.4 Å². The van der Waals surface area contributed by atoms with Gasteiger partial charge in [-0.25, -0.2) is 15.3 Å². The number of guanidine groups is 1. The number of anilines is 1. The number of carbonyl (C=O) groups excluding carboxylic acids is 1. The Morgan fingerprint density at radius 1 is 1.00 bits per heavy atom. The van der Waals surface area contributed by atoms with Gasteiger partial charge in [0, 0.05) is 6.54 Å². The van der Waals surface area contributed by atoms with Crippen LogP contribution in [0.2, 0.25) is 0 Å². The zero-order valence-corrected chi connectivity index (χ0v) is 14.0. The molecule has 3 saturated heterocycles. The molecule has 3 unspecified atom stereocenters. The van der Waals surface area contributed by atoms with Crippen molar-refractivity contribution in [2.45, 2.75) is 12.5 Å². The second-order valence-corrected chi connectivity index (χ2v) is 6.44. The van der Waals surface area contributed by atoms with E-state index in [-0.39, 0.29) is 24.3 Å². The van der Waals surface area contributed by atoms with Gasteiger partial charge in [-0.05, 0) is 24.3 Å². The molecule has 0 saturated carbocycles. The molecule has 3 aliphatic heterocycles. The van der Waals surface area contributed by atoms with E-state index in [9.17, 15) is 4.79 Å². The van der Waals surface area contributed by atoms with Gasteiger partial charge in [-0.3, -0.25) is 20.5 Å². The summed E-state index contributed by atoms with van der Waals surface area (Å²) in [5, 5.41) is 5.51. The average Bonchev–Trinajstić information content (AvgIpc) is 3.28. The number of aliphatic imine (C=N–C) groups is 1. The molecule has 0 aromatic heterocycles. The van der Waals surface area contributed by atoms with Crippen LogP contribution in [0.4, 0.5) is 11.4 Å². The van der Waals surface area contributed by atoms with Crippen molar-refractivity contribution in [3.8, 4) is 0 Å². The Morgan fingerprint density at radius 3 is 2.50 bits per heavy atom. The maximum atomic E-state index is 13.1. The lowest BCUT2D eigenvalue weighted by Gasteiger charge is -2.38. The second kappa shape index (κ2) is 6.10. The van der Waals surface area contributed by atoms with Gasteiger partial charge in [0.25, 0.3) is 0 Å². The number of rotatable bonds is 2. The lowest BCUT2D eigenvalue weighted by Crippen LogP contribution is -2.66. The predicted octanol–water partition coefficient (Wildman–Crippen LogP) is 0.464. The van der Waals surface area contributed by atoms with Crippen molar-refractivity contribution in [1.29, 1.82) is 0 Å². The quantitative estimate of drug-likeness (QED) is 0.631. The van der Waals surface area contributed by atoms with Gasteiger partial charge in [0.15, 0.2) is 6.29 Å². The molecule has 2 aromatic rings. The third-order valence-electron chi connectivity index (χ3n) is 4.86. The molecule has 0 radical (unpaired) electrons. The van der Waals surface area contributed by atoms with Crippen molar-refractivity contribution >= 4 is 23.2 Å². The SMILES string of the molecule is O=C1C2CNN(c3ccccc3)C2NC2NNC(=Nc3ccccc3)N12. The van der Waals surface area contributed by atoms with E-state index >= 15 is 0 Å². The van der Waals surface area contributed by atoms with Crippen LogP contribution >= 0.6 is 0 Å². The molecule has 3 aliphatic rings. The number of fused-ring (bicyclic) bond motifs is 2. The van der Waals surface area contributed by atoms with Crippen molar-refractivity contribution in [2.24, 2.45) is 10.9 Å². The molecule has 26 heavy (non-hydrogen) atoms. The Hall–Kier alpha value is -2.94. The number of hydrazine groups is 2. The minimum Gasteiger partial charge on any atom is -0.290 e. The molecule has 0 bridgehead atoms. The first-order valence-electron chi connectivity index (χ1n) is 8.63. The smallest absolute Gasteiger partial charge is 0.239 e. The highest BCUT2D eigenvalue weighted by atomic mass is 16.2. The highest BCUT2D eigenvalue weighted by Crippen LogP contribution is 2.28. The number of para-hydroxylation sites is 2. The molecule has 0 spiro atoms. The Bertz CT molecular complexity index is 841. The second-order valence-electron chi connectivity index (χ2n) is 6.44. The fourth-order valence-corrected chi connectivity index (χ4v) is 3.61. The monoisotopic (exact) mass is 349 g/mol. The van der Waals surface area contributed by atoms with E-state index in [1.165, 1.54) is 0 Å². The number of benzene rings is 2. The zero-order valence-electron chi connectivity index (χ0n) is 14.0. The molecule has 3 atom stereocenters. The Kier molecular flexibility index (Phi) is 3.59. The van der Waals surface area contributed by atoms with Crippen LogP contribution in [0.15, 0.2) is 65.7 Å². The lowest BCUT2D eigenvalue weighted by molar-refractivity contribution is -0.137. The van der Waals surface area contributed by atoms with E-state index in [4.69, 9.17) is 0 Å². The van der Waals surface area contributed by atoms with Crippen molar-refractivity contribution in [3.05, 3.63) is 60.7 Å². The number of nitrogens with zero attached hydrogens (tertiary/aromatic N) is 3. The molecule has 8 heteroatoms. The molecule has 8 nitrogen and oxygen atoms in total. The van der Waals surface area contributed by atoms with Gasteiger partial charge in [0.1, 0.15) is 6.17 Å². The number of amides is 1. The van der Waals surface area contributed by atoms with Crippen molar-refractivity contribution < 1.29 is 4.79 Å². The van der Waals surface area contributed by atoms with Crippen LogP contribution in [0.5, 0.6) is 0 Å². The largest absolute Gasteiger partial charge is 0.290 e. The van der Waals surface area contributed by atoms with E-state index in [0.29, 0.717) is 12.5 Å². The maximum Gasteiger partial charge on any atom is 0.239 e. The standard InChI is InChI=1S/C18H19N7O/c26-16-14-11-19-25(13-9-5-2-6-10-13)15(14)21-18-23-22-17(24(16)18)20-12-7-3-1-4-8-12/h1-10,14-15,18-19,21,23H,11H2,(H,20,22). The lowest BCUT2D eigenvalue weighted by atomic mass is 10.0. The van der Waals surface area contributed by atoms with E-state index in [1.807, 2.05) is 65.7 Å². The molecule has 4 N–H and O–H groups in total. The summed E-state index contributed by atoms with van der Waals surface area (Å²) in [7, 11) is 0. The van der Waals surface area contributed by atoms with Gasteiger partial charge in [0.2, 0.25) is 11.9 Å². The van der Waals surface area contributed by atoms with Gasteiger partial charge in [-0.15, -0.1) is 0 Å². The van der Waals surface area contributed by atoms with Crippen LogP contribution in [0.25, 0.3) is 0 Å². The summed E-state index contributed by atoms with van der Waals surface area (Å²) >= 11 is 0. The summed E-state index contributed by atoms with van der Waals surface area (Å²) in [6, 6.07) is 19.6. The molecule has 132 valence electrons. The third kappa shape index (κ3) is 2.43. The highest BCUT2D eigenvalue weighted by Gasteiger charge is 2.51. The van der Waals surface area contributed by atoms with Gasteiger partial charge in [-0.2, -0.15) is 5.43 Å². The Morgan fingerprint density at radius 2 is 1.73 bits per heavy atom. The Labute approximate surface area is 150 Å². The van der Waals surface area contributed by atoms with Crippen LogP contribution in [0.1, 0.15) is 0 Å². The number of hydrogen-bond donors (Lipinski definition) is 4. The topological polar surface area (TPSA) is 84.0 Å². The normalized spacial score (nSPS) is 28.8. The first-order valence-corrected chi connectivity index (χ1v) is 8.63. The molecule has 3 fully saturated rings. The van der Waals surface area contributed by atoms with E-state index in [0.717, 1.165) is 11.4 Å². The fraction of sp³-hybridized carbons (Fsp3) is 0.222. The molecule has 3 heterocycles. The summed E-state index contributed by atoms with van der Waals surface area (Å²) in [5.41, 5.74) is 11.3. The van der Waals surface area contributed by atoms with E-state index in [2.05, 4.69) is 26.6 Å². The van der Waals surface area contributed by atoms with Gasteiger partial charge >= 0.3 is 0 Å². The molecular weight excluding hydrogens is 330 g/mol. The van der Waals surface area contributed by atoms with Gasteiger partial charge < -0.3 is 0 Å². The molecule has 1 amide bonds. The summed E-state index contributed by atoms with van der Waals surface area (Å²) in [6.45, 7) is 0.577. The van der Waals surface area contributed by atoms with Crippen LogP contribution in [-0.2, 0) is 4.79 Å². The summed E-state index contributed by atoms with van der Waals surface area (Å²) in [5.74, 6) is 0.348. The van der Waals surface area contributed by atoms with Crippen molar-refractivity contribution in [2.75, 3.05) is 11.6 Å². The van der Waals surface area contributed by atoms with Crippen LogP contribution in [0.3, 0.4) is 0 Å². The van der Waals surface area contributed by atoms with E-state index in [1.54, 1.807) is 4.90 Å². The molecule has 2 aromatic carbocycles. The fourth-order valence-electron chi connectivity index (χ4n) is 3.61. The summed E-state index contributed by atoms with van der Waals surface area (Å²) in [6.07, 6.45) is -0.478. The van der Waals surface area contributed by atoms with Crippen LogP contribution in [-0.4, -0.2) is 35.8 Å². The number of carbonyl (C=O) groups is 1. The molecule has 0 aliphatic carbocycles. The van der Waals surface area contributed by atoms with Crippen LogP contribution < -0.4 is 26.6 Å². The third-order valence-corrected chi connectivity index (χ3v) is 4.86. The Balaban J connectivity index is 1.42. The minimum absolute atomic E-state index is 0.0388. The van der Waals surface area contributed by atoms with Crippen LogP contribution in [0, 0.1) is 5.92 Å². The maximum absolute atomic E-state index is 13.1. The number of hydrogen-bond acceptors (Lipinski definition) is 6.